The van der Waals surface area contributed by atoms with Crippen LogP contribution in [0.2, 0.25) is 0 Å². The van der Waals surface area contributed by atoms with Gasteiger partial charge < -0.3 is 20.9 Å². The number of amides is 3. The molecular formula is C31H50N4O3. The Morgan fingerprint density at radius 1 is 0.895 bits per heavy atom. The van der Waals surface area contributed by atoms with Gasteiger partial charge in [-0.05, 0) is 74.9 Å². The van der Waals surface area contributed by atoms with Crippen LogP contribution in [0.15, 0.2) is 36.5 Å². The second kappa shape index (κ2) is 14.7. The smallest absolute Gasteiger partial charge is 0.240 e. The van der Waals surface area contributed by atoms with Crippen molar-refractivity contribution in [3.63, 3.8) is 0 Å². The lowest BCUT2D eigenvalue weighted by molar-refractivity contribution is -0.136. The Labute approximate surface area is 229 Å². The Kier molecular flexibility index (Phi) is 11.6. The monoisotopic (exact) mass is 526 g/mol. The molecular weight excluding hydrogens is 476 g/mol. The molecule has 2 aliphatic heterocycles. The number of likely N-dealkylation sites (tertiary alicyclic amines) is 2. The molecule has 38 heavy (non-hydrogen) atoms. The van der Waals surface area contributed by atoms with Gasteiger partial charge in [-0.3, -0.25) is 14.4 Å². The molecule has 5 rings (SSSR count). The minimum absolute atomic E-state index is 0.136. The number of nitrogens with one attached hydrogen (secondary N) is 1. The highest BCUT2D eigenvalue weighted by Gasteiger charge is 2.49. The Bertz CT molecular complexity index is 874. The van der Waals surface area contributed by atoms with Crippen LogP contribution in [0.3, 0.4) is 0 Å². The summed E-state index contributed by atoms with van der Waals surface area (Å²) < 4.78 is 0. The molecule has 2 saturated heterocycles. The maximum absolute atomic E-state index is 12.9. The van der Waals surface area contributed by atoms with Crippen LogP contribution in [0.5, 0.6) is 0 Å². The lowest BCUT2D eigenvalue weighted by Gasteiger charge is -2.32. The molecule has 0 aromatic carbocycles. The van der Waals surface area contributed by atoms with Gasteiger partial charge in [0, 0.05) is 19.0 Å². The predicted octanol–water partition coefficient (Wildman–Crippen LogP) is 4.49. The maximum Gasteiger partial charge on any atom is 0.240 e. The van der Waals surface area contributed by atoms with Crippen molar-refractivity contribution in [2.45, 2.75) is 115 Å². The SMILES string of the molecule is C=CC1=C(C=C)C(NC=O)CCC1.CC.NC(C(=O)N1CCC2C1CCN2C(=O)C1CC1)C1CCCCC1. The molecule has 0 aromatic heterocycles. The number of allylic oxidation sites excluding steroid dienone is 2. The number of carbonyl (C=O) groups is 3. The van der Waals surface area contributed by atoms with Crippen molar-refractivity contribution in [1.29, 1.82) is 0 Å². The molecule has 2 heterocycles. The van der Waals surface area contributed by atoms with Crippen LogP contribution in [0, 0.1) is 11.8 Å². The second-order valence-corrected chi connectivity index (χ2v) is 11.1. The lowest BCUT2D eigenvalue weighted by atomic mass is 9.83. The number of nitrogens with zero attached hydrogens (tertiary/aromatic N) is 2. The van der Waals surface area contributed by atoms with Gasteiger partial charge in [-0.2, -0.15) is 0 Å². The topological polar surface area (TPSA) is 95.7 Å². The van der Waals surface area contributed by atoms with Gasteiger partial charge in [0.1, 0.15) is 0 Å². The first-order valence-electron chi connectivity index (χ1n) is 15.0. The van der Waals surface area contributed by atoms with Crippen LogP contribution in [-0.2, 0) is 14.4 Å². The average Bonchev–Trinajstić information content (AvgIpc) is 3.61. The van der Waals surface area contributed by atoms with Crippen molar-refractivity contribution in [1.82, 2.24) is 15.1 Å². The third-order valence-corrected chi connectivity index (χ3v) is 8.93. The third kappa shape index (κ3) is 6.96. The van der Waals surface area contributed by atoms with Gasteiger partial charge in [0.05, 0.1) is 24.2 Å². The molecule has 0 radical (unpaired) electrons. The summed E-state index contributed by atoms with van der Waals surface area (Å²) in [5.41, 5.74) is 8.66. The van der Waals surface area contributed by atoms with Crippen molar-refractivity contribution in [3.05, 3.63) is 36.5 Å². The van der Waals surface area contributed by atoms with Gasteiger partial charge >= 0.3 is 0 Å². The highest BCUT2D eigenvalue weighted by atomic mass is 16.2. The standard InChI is InChI=1S/C18H29N3O2.C11H15NO.C2H6/c19-16(12-4-2-1-3-5-12)18(23)21-11-9-14-15(21)8-10-20(14)17(22)13-6-7-13;1-3-9-6-5-7-11(12-8-13)10(9)4-2;1-2/h12-16H,1-11,19H2;3-4,8,11H,1-2,5-7H2,(H,12,13);1-2H3. The second-order valence-electron chi connectivity index (χ2n) is 11.1. The van der Waals surface area contributed by atoms with Crippen LogP contribution in [-0.4, -0.2) is 65.3 Å². The molecule has 3 amide bonds. The predicted molar refractivity (Wildman–Crippen MR) is 153 cm³/mol. The Morgan fingerprint density at radius 2 is 1.53 bits per heavy atom. The number of rotatable bonds is 7. The van der Waals surface area contributed by atoms with E-state index in [0.717, 1.165) is 82.9 Å². The summed E-state index contributed by atoms with van der Waals surface area (Å²) in [6.45, 7) is 13.1. The Morgan fingerprint density at radius 3 is 2.11 bits per heavy atom. The zero-order valence-electron chi connectivity index (χ0n) is 23.7. The van der Waals surface area contributed by atoms with Crippen molar-refractivity contribution >= 4 is 18.2 Å². The number of hydrogen-bond acceptors (Lipinski definition) is 4. The average molecular weight is 527 g/mol. The van der Waals surface area contributed by atoms with Crippen molar-refractivity contribution < 1.29 is 14.4 Å². The molecule has 212 valence electrons. The molecule has 4 unspecified atom stereocenters. The summed E-state index contributed by atoms with van der Waals surface area (Å²) >= 11 is 0. The summed E-state index contributed by atoms with van der Waals surface area (Å²) in [5, 5.41) is 2.79. The zero-order chi connectivity index (χ0) is 27.7. The summed E-state index contributed by atoms with van der Waals surface area (Å²) in [7, 11) is 0. The van der Waals surface area contributed by atoms with E-state index < -0.39 is 0 Å². The first-order chi connectivity index (χ1) is 18.5. The van der Waals surface area contributed by atoms with Crippen LogP contribution in [0.25, 0.3) is 0 Å². The van der Waals surface area contributed by atoms with E-state index >= 15 is 0 Å². The number of hydrogen-bond donors (Lipinski definition) is 2. The fourth-order valence-electron chi connectivity index (χ4n) is 6.75. The van der Waals surface area contributed by atoms with Crippen molar-refractivity contribution in [2.75, 3.05) is 13.1 Å². The molecule has 2 saturated carbocycles. The van der Waals surface area contributed by atoms with E-state index in [1.807, 2.05) is 30.9 Å². The first-order valence-corrected chi connectivity index (χ1v) is 15.0. The highest BCUT2D eigenvalue weighted by molar-refractivity contribution is 5.84. The van der Waals surface area contributed by atoms with Crippen LogP contribution >= 0.6 is 0 Å². The van der Waals surface area contributed by atoms with E-state index in [9.17, 15) is 14.4 Å². The molecule has 3 aliphatic carbocycles. The summed E-state index contributed by atoms with van der Waals surface area (Å²) in [6.07, 6.45) is 17.5. The van der Waals surface area contributed by atoms with Crippen LogP contribution < -0.4 is 11.1 Å². The lowest BCUT2D eigenvalue weighted by Crippen LogP contribution is -2.51. The Hall–Kier alpha value is -2.41. The molecule has 4 atom stereocenters. The molecule has 5 aliphatic rings. The van der Waals surface area contributed by atoms with E-state index in [1.165, 1.54) is 24.8 Å². The molecule has 0 spiro atoms. The molecule has 0 aromatic rings. The molecule has 7 nitrogen and oxygen atoms in total. The first kappa shape index (κ1) is 30.1. The van der Waals surface area contributed by atoms with Gasteiger partial charge in [0.15, 0.2) is 0 Å². The maximum atomic E-state index is 12.9. The van der Waals surface area contributed by atoms with Gasteiger partial charge in [-0.15, -0.1) is 0 Å². The van der Waals surface area contributed by atoms with Gasteiger partial charge in [0.2, 0.25) is 18.2 Å². The largest absolute Gasteiger partial charge is 0.352 e. The van der Waals surface area contributed by atoms with Gasteiger partial charge in [-0.25, -0.2) is 0 Å². The molecule has 4 fully saturated rings. The van der Waals surface area contributed by atoms with E-state index in [4.69, 9.17) is 5.73 Å². The van der Waals surface area contributed by atoms with Gasteiger partial charge in [0.25, 0.3) is 0 Å². The fraction of sp³-hybridized carbons (Fsp3) is 0.710. The molecule has 7 heteroatoms. The van der Waals surface area contributed by atoms with E-state index in [0.29, 0.717) is 11.8 Å². The van der Waals surface area contributed by atoms with Crippen molar-refractivity contribution in [2.24, 2.45) is 17.6 Å². The normalized spacial score (nSPS) is 27.7. The number of fused-ring (bicyclic) bond motifs is 1. The molecule has 0 bridgehead atoms. The van der Waals surface area contributed by atoms with E-state index in [1.54, 1.807) is 0 Å². The quantitative estimate of drug-likeness (QED) is 0.478. The minimum atomic E-state index is -0.331. The fourth-order valence-corrected chi connectivity index (χ4v) is 6.75. The minimum Gasteiger partial charge on any atom is -0.352 e. The number of nitrogens with two attached hydrogens (primary N) is 1. The zero-order valence-corrected chi connectivity index (χ0v) is 23.7. The summed E-state index contributed by atoms with van der Waals surface area (Å²) in [4.78, 5) is 39.7. The Balaban J connectivity index is 0.000000228. The third-order valence-electron chi connectivity index (χ3n) is 8.93. The van der Waals surface area contributed by atoms with Crippen molar-refractivity contribution in [3.8, 4) is 0 Å². The highest BCUT2D eigenvalue weighted by Crippen LogP contribution is 2.38. The van der Waals surface area contributed by atoms with Crippen LogP contribution in [0.1, 0.15) is 90.9 Å². The molecule has 3 N–H and O–H groups in total. The summed E-state index contributed by atoms with van der Waals surface area (Å²) in [6, 6.07) is 0.282. The summed E-state index contributed by atoms with van der Waals surface area (Å²) in [5.74, 6) is 1.12. The van der Waals surface area contributed by atoms with E-state index in [-0.39, 0.29) is 36.0 Å². The van der Waals surface area contributed by atoms with Crippen LogP contribution in [0.4, 0.5) is 0 Å². The van der Waals surface area contributed by atoms with Gasteiger partial charge in [-0.1, -0.05) is 58.4 Å². The number of carbonyl (C=O) groups excluding carboxylic acids is 3. The van der Waals surface area contributed by atoms with E-state index in [2.05, 4.69) is 23.4 Å².